The van der Waals surface area contributed by atoms with Crippen molar-refractivity contribution in [1.29, 1.82) is 0 Å². The highest BCUT2D eigenvalue weighted by atomic mass is 35.5. The molecule has 1 heterocycles. The van der Waals surface area contributed by atoms with Gasteiger partial charge in [-0.15, -0.1) is 0 Å². The van der Waals surface area contributed by atoms with Crippen molar-refractivity contribution in [1.82, 2.24) is 4.90 Å². The van der Waals surface area contributed by atoms with E-state index in [-0.39, 0.29) is 23.8 Å². The van der Waals surface area contributed by atoms with E-state index in [1.807, 2.05) is 24.3 Å². The molecule has 0 unspecified atom stereocenters. The fourth-order valence-corrected chi connectivity index (χ4v) is 3.81. The molecule has 7 heteroatoms. The van der Waals surface area contributed by atoms with Gasteiger partial charge in [-0.05, 0) is 42.3 Å². The van der Waals surface area contributed by atoms with Crippen molar-refractivity contribution in [3.8, 4) is 11.5 Å². The Hall–Kier alpha value is -2.73. The van der Waals surface area contributed by atoms with Gasteiger partial charge in [-0.3, -0.25) is 9.59 Å². The highest BCUT2D eigenvalue weighted by molar-refractivity contribution is 6.32. The van der Waals surface area contributed by atoms with Crippen LogP contribution in [0.2, 0.25) is 5.02 Å². The Morgan fingerprint density at radius 2 is 1.86 bits per heavy atom. The molecule has 2 atom stereocenters. The van der Waals surface area contributed by atoms with Crippen molar-refractivity contribution < 1.29 is 19.1 Å². The molecule has 0 saturated carbocycles. The van der Waals surface area contributed by atoms with E-state index < -0.39 is 0 Å². The lowest BCUT2D eigenvalue weighted by Gasteiger charge is -2.38. The predicted molar refractivity (Wildman–Crippen MR) is 108 cm³/mol. The van der Waals surface area contributed by atoms with Crippen LogP contribution in [0.3, 0.4) is 0 Å². The molecule has 0 spiro atoms. The van der Waals surface area contributed by atoms with E-state index in [4.69, 9.17) is 21.1 Å². The quantitative estimate of drug-likeness (QED) is 0.823. The fourth-order valence-electron chi connectivity index (χ4n) is 3.55. The molecule has 1 N–H and O–H groups in total. The number of nitrogens with one attached hydrogen (secondary N) is 1. The van der Waals surface area contributed by atoms with Gasteiger partial charge in [0, 0.05) is 19.2 Å². The van der Waals surface area contributed by atoms with Crippen LogP contribution in [0.5, 0.6) is 11.5 Å². The van der Waals surface area contributed by atoms with Gasteiger partial charge in [0.1, 0.15) is 11.5 Å². The molecule has 6 nitrogen and oxygen atoms in total. The number of halogens is 1. The predicted octanol–water partition coefficient (Wildman–Crippen LogP) is 3.91. The van der Waals surface area contributed by atoms with Crippen molar-refractivity contribution in [2.24, 2.45) is 5.92 Å². The first-order valence-corrected chi connectivity index (χ1v) is 9.36. The molecule has 0 bridgehead atoms. The maximum absolute atomic E-state index is 13.0. The lowest BCUT2D eigenvalue weighted by molar-refractivity contribution is -0.140. The Morgan fingerprint density at radius 1 is 1.14 bits per heavy atom. The number of amides is 2. The molecule has 28 heavy (non-hydrogen) atoms. The number of ether oxygens (including phenoxy) is 2. The molecule has 1 aliphatic rings. The van der Waals surface area contributed by atoms with Crippen LogP contribution in [0.25, 0.3) is 0 Å². The number of hydrogen-bond acceptors (Lipinski definition) is 4. The van der Waals surface area contributed by atoms with Gasteiger partial charge in [-0.2, -0.15) is 0 Å². The highest BCUT2D eigenvalue weighted by Crippen LogP contribution is 2.37. The summed E-state index contributed by atoms with van der Waals surface area (Å²) < 4.78 is 10.3. The van der Waals surface area contributed by atoms with E-state index in [0.717, 1.165) is 11.3 Å². The number of nitrogens with zero attached hydrogens (tertiary/aromatic N) is 1. The lowest BCUT2D eigenvalue weighted by Crippen LogP contribution is -2.44. The molecule has 3 rings (SSSR count). The Morgan fingerprint density at radius 3 is 2.46 bits per heavy atom. The standard InChI is InChI=1S/C21H23ClN2O4/c1-24-19(25)11-9-16(20(24)13-4-7-15(27-2)8-5-13)21(26)23-14-6-10-18(28-3)17(22)12-14/h4-8,10,12,16,20H,9,11H2,1-3H3,(H,23,26)/t16-,20+/m1/s1. The molecule has 1 aliphatic heterocycles. The largest absolute Gasteiger partial charge is 0.497 e. The number of hydrogen-bond donors (Lipinski definition) is 1. The van der Waals surface area contributed by atoms with Gasteiger partial charge in [-0.1, -0.05) is 23.7 Å². The summed E-state index contributed by atoms with van der Waals surface area (Å²) in [5.41, 5.74) is 1.48. The monoisotopic (exact) mass is 402 g/mol. The van der Waals surface area contributed by atoms with Crippen molar-refractivity contribution in [3.05, 3.63) is 53.1 Å². The number of piperidine rings is 1. The Labute approximate surface area is 169 Å². The van der Waals surface area contributed by atoms with Gasteiger partial charge in [0.05, 0.1) is 31.2 Å². The van der Waals surface area contributed by atoms with Crippen molar-refractivity contribution in [3.63, 3.8) is 0 Å². The van der Waals surface area contributed by atoms with Crippen LogP contribution in [0, 0.1) is 5.92 Å². The van der Waals surface area contributed by atoms with Gasteiger partial charge < -0.3 is 19.7 Å². The van der Waals surface area contributed by atoms with Crippen LogP contribution < -0.4 is 14.8 Å². The van der Waals surface area contributed by atoms with Crippen molar-refractivity contribution in [2.45, 2.75) is 18.9 Å². The molecule has 1 fully saturated rings. The number of methoxy groups -OCH3 is 2. The summed E-state index contributed by atoms with van der Waals surface area (Å²) in [6, 6.07) is 12.2. The van der Waals surface area contributed by atoms with E-state index in [9.17, 15) is 9.59 Å². The van der Waals surface area contributed by atoms with Crippen molar-refractivity contribution >= 4 is 29.1 Å². The van der Waals surface area contributed by atoms with Crippen LogP contribution in [-0.4, -0.2) is 38.0 Å². The van der Waals surface area contributed by atoms with E-state index in [1.165, 1.54) is 7.11 Å². The number of anilines is 1. The second kappa shape index (κ2) is 8.52. The first kappa shape index (κ1) is 20.0. The SMILES string of the molecule is COc1ccc([C@H]2[C@H](C(=O)Nc3ccc(OC)c(Cl)c3)CCC(=O)N2C)cc1. The normalized spacial score (nSPS) is 19.3. The van der Waals surface area contributed by atoms with Crippen LogP contribution in [0.4, 0.5) is 5.69 Å². The summed E-state index contributed by atoms with van der Waals surface area (Å²) in [7, 11) is 4.87. The number of rotatable bonds is 5. The maximum atomic E-state index is 13.0. The number of carbonyl (C=O) groups excluding carboxylic acids is 2. The van der Waals surface area contributed by atoms with Crippen LogP contribution >= 0.6 is 11.6 Å². The molecule has 148 valence electrons. The van der Waals surface area contributed by atoms with Crippen LogP contribution in [-0.2, 0) is 9.59 Å². The van der Waals surface area contributed by atoms with E-state index in [1.54, 1.807) is 37.3 Å². The second-order valence-corrected chi connectivity index (χ2v) is 7.11. The first-order valence-electron chi connectivity index (χ1n) is 8.98. The van der Waals surface area contributed by atoms with Crippen molar-refractivity contribution in [2.75, 3.05) is 26.6 Å². The maximum Gasteiger partial charge on any atom is 0.229 e. The minimum Gasteiger partial charge on any atom is -0.497 e. The Bertz CT molecular complexity index is 869. The zero-order valence-electron chi connectivity index (χ0n) is 16.1. The molecular formula is C21H23ClN2O4. The van der Waals surface area contributed by atoms with E-state index >= 15 is 0 Å². The third-order valence-electron chi connectivity index (χ3n) is 5.07. The van der Waals surface area contributed by atoms with Gasteiger partial charge >= 0.3 is 0 Å². The summed E-state index contributed by atoms with van der Waals surface area (Å²) in [6.45, 7) is 0. The molecule has 2 aromatic carbocycles. The summed E-state index contributed by atoms with van der Waals surface area (Å²) in [5, 5.41) is 3.34. The lowest BCUT2D eigenvalue weighted by atomic mass is 9.84. The number of likely N-dealkylation sites (tertiary alicyclic amines) is 1. The summed E-state index contributed by atoms with van der Waals surface area (Å²) >= 11 is 6.15. The highest BCUT2D eigenvalue weighted by Gasteiger charge is 2.38. The molecule has 1 saturated heterocycles. The van der Waals surface area contributed by atoms with E-state index in [2.05, 4.69) is 5.32 Å². The topological polar surface area (TPSA) is 67.9 Å². The Kier molecular flexibility index (Phi) is 6.09. The molecule has 2 amide bonds. The molecule has 0 radical (unpaired) electrons. The minimum absolute atomic E-state index is 0.0253. The smallest absolute Gasteiger partial charge is 0.229 e. The molecule has 2 aromatic rings. The summed E-state index contributed by atoms with van der Waals surface area (Å²) in [5.74, 6) is 0.761. The first-order chi connectivity index (χ1) is 13.4. The molecule has 0 aliphatic carbocycles. The van der Waals surface area contributed by atoms with E-state index in [0.29, 0.717) is 29.3 Å². The third kappa shape index (κ3) is 4.07. The van der Waals surface area contributed by atoms with Gasteiger partial charge in [-0.25, -0.2) is 0 Å². The minimum atomic E-state index is -0.378. The second-order valence-electron chi connectivity index (χ2n) is 6.71. The zero-order valence-corrected chi connectivity index (χ0v) is 16.8. The molecular weight excluding hydrogens is 380 g/mol. The number of benzene rings is 2. The van der Waals surface area contributed by atoms with Gasteiger partial charge in [0.15, 0.2) is 0 Å². The summed E-state index contributed by atoms with van der Waals surface area (Å²) in [4.78, 5) is 27.0. The summed E-state index contributed by atoms with van der Waals surface area (Å²) in [6.07, 6.45) is 0.820. The average Bonchev–Trinajstić information content (AvgIpc) is 2.70. The molecule has 0 aromatic heterocycles. The Balaban J connectivity index is 1.85. The average molecular weight is 403 g/mol. The fraction of sp³-hybridized carbons (Fsp3) is 0.333. The van der Waals surface area contributed by atoms with Crippen LogP contribution in [0.15, 0.2) is 42.5 Å². The third-order valence-corrected chi connectivity index (χ3v) is 5.37. The van der Waals surface area contributed by atoms with Gasteiger partial charge in [0.2, 0.25) is 11.8 Å². The zero-order chi connectivity index (χ0) is 20.3. The number of carbonyl (C=O) groups is 2. The van der Waals surface area contributed by atoms with Gasteiger partial charge in [0.25, 0.3) is 0 Å². The van der Waals surface area contributed by atoms with Crippen LogP contribution in [0.1, 0.15) is 24.4 Å².